The zero-order valence-electron chi connectivity index (χ0n) is 10.9. The minimum Gasteiger partial charge on any atom is -0.481 e. The molecule has 0 amide bonds. The number of thioether (sulfide) groups is 2. The van der Waals surface area contributed by atoms with Crippen LogP contribution >= 0.6 is 23.5 Å². The standard InChI is InChI=1S/C13H15N3O2S2/c17-12(18)8-20-13-15-10-7-14-4-1-11(10)16(13)9-2-5-19-6-3-9/h1,4,7,9H,2-3,5-6,8H2,(H,17,18). The average molecular weight is 309 g/mol. The molecule has 2 aromatic heterocycles. The van der Waals surface area contributed by atoms with Crippen LogP contribution in [0.1, 0.15) is 18.9 Å². The molecule has 1 aliphatic heterocycles. The van der Waals surface area contributed by atoms with E-state index in [1.165, 1.54) is 11.8 Å². The maximum absolute atomic E-state index is 10.8. The molecule has 1 fully saturated rings. The Morgan fingerprint density at radius 2 is 2.30 bits per heavy atom. The van der Waals surface area contributed by atoms with E-state index >= 15 is 0 Å². The summed E-state index contributed by atoms with van der Waals surface area (Å²) in [6, 6.07) is 2.38. The highest BCUT2D eigenvalue weighted by Crippen LogP contribution is 2.34. The van der Waals surface area contributed by atoms with E-state index < -0.39 is 5.97 Å². The Bertz CT molecular complexity index is 623. The van der Waals surface area contributed by atoms with Crippen molar-refractivity contribution in [3.63, 3.8) is 0 Å². The summed E-state index contributed by atoms with van der Waals surface area (Å²) < 4.78 is 2.21. The molecule has 0 atom stereocenters. The summed E-state index contributed by atoms with van der Waals surface area (Å²) in [6.07, 6.45) is 5.73. The zero-order chi connectivity index (χ0) is 13.9. The third-order valence-electron chi connectivity index (χ3n) is 3.34. The molecule has 3 rings (SSSR count). The van der Waals surface area contributed by atoms with Gasteiger partial charge in [-0.15, -0.1) is 0 Å². The molecule has 0 aromatic carbocycles. The zero-order valence-corrected chi connectivity index (χ0v) is 12.5. The van der Waals surface area contributed by atoms with Crippen molar-refractivity contribution in [2.45, 2.75) is 24.0 Å². The molecule has 0 aliphatic carbocycles. The number of imidazole rings is 1. The second-order valence-corrected chi connectivity index (χ2v) is 6.82. The van der Waals surface area contributed by atoms with Gasteiger partial charge in [-0.1, -0.05) is 11.8 Å². The number of fused-ring (bicyclic) bond motifs is 1. The van der Waals surface area contributed by atoms with Crippen LogP contribution in [0.25, 0.3) is 11.0 Å². The monoisotopic (exact) mass is 309 g/mol. The van der Waals surface area contributed by atoms with Crippen molar-refractivity contribution in [2.75, 3.05) is 17.3 Å². The lowest BCUT2D eigenvalue weighted by molar-refractivity contribution is -0.133. The number of pyridine rings is 1. The summed E-state index contributed by atoms with van der Waals surface area (Å²) in [5, 5.41) is 9.68. The quantitative estimate of drug-likeness (QED) is 0.876. The Morgan fingerprint density at radius 1 is 1.50 bits per heavy atom. The fourth-order valence-electron chi connectivity index (χ4n) is 2.45. The normalized spacial score (nSPS) is 16.6. The summed E-state index contributed by atoms with van der Waals surface area (Å²) in [5.74, 6) is 1.53. The topological polar surface area (TPSA) is 68.0 Å². The van der Waals surface area contributed by atoms with Crippen molar-refractivity contribution in [3.05, 3.63) is 18.5 Å². The molecule has 1 saturated heterocycles. The molecule has 3 heterocycles. The van der Waals surface area contributed by atoms with Crippen LogP contribution in [0.15, 0.2) is 23.6 Å². The molecule has 1 aliphatic rings. The number of rotatable bonds is 4. The SMILES string of the molecule is O=C(O)CSc1nc2cnccc2n1C1CCSCC1. The Hall–Kier alpha value is -1.21. The third kappa shape index (κ3) is 2.78. The summed E-state index contributed by atoms with van der Waals surface area (Å²) in [7, 11) is 0. The molecular weight excluding hydrogens is 294 g/mol. The highest BCUT2D eigenvalue weighted by atomic mass is 32.2. The molecule has 2 aromatic rings. The fourth-order valence-corrected chi connectivity index (χ4v) is 4.34. The van der Waals surface area contributed by atoms with Gasteiger partial charge < -0.3 is 9.67 Å². The first kappa shape index (κ1) is 13.8. The predicted molar refractivity (Wildman–Crippen MR) is 81.5 cm³/mol. The van der Waals surface area contributed by atoms with Crippen LogP contribution < -0.4 is 0 Å². The van der Waals surface area contributed by atoms with Gasteiger partial charge in [0.15, 0.2) is 5.16 Å². The smallest absolute Gasteiger partial charge is 0.313 e. The average Bonchev–Trinajstić information content (AvgIpc) is 2.84. The van der Waals surface area contributed by atoms with Gasteiger partial charge in [0, 0.05) is 12.2 Å². The van der Waals surface area contributed by atoms with E-state index in [4.69, 9.17) is 5.11 Å². The largest absolute Gasteiger partial charge is 0.481 e. The summed E-state index contributed by atoms with van der Waals surface area (Å²) in [4.78, 5) is 19.5. The van der Waals surface area contributed by atoms with Crippen molar-refractivity contribution in [1.82, 2.24) is 14.5 Å². The minimum absolute atomic E-state index is 0.0399. The molecule has 5 nitrogen and oxygen atoms in total. The van der Waals surface area contributed by atoms with Gasteiger partial charge in [-0.3, -0.25) is 9.78 Å². The van der Waals surface area contributed by atoms with Crippen molar-refractivity contribution in [2.24, 2.45) is 0 Å². The van der Waals surface area contributed by atoms with Gasteiger partial charge in [-0.25, -0.2) is 4.98 Å². The molecule has 0 spiro atoms. The number of carbonyl (C=O) groups is 1. The van der Waals surface area contributed by atoms with Gasteiger partial charge in [-0.05, 0) is 30.4 Å². The van der Waals surface area contributed by atoms with E-state index in [0.29, 0.717) is 6.04 Å². The van der Waals surface area contributed by atoms with E-state index in [2.05, 4.69) is 14.5 Å². The molecule has 0 unspecified atom stereocenters. The Labute approximate surface area is 125 Å². The van der Waals surface area contributed by atoms with Crippen LogP contribution in [0.4, 0.5) is 0 Å². The van der Waals surface area contributed by atoms with Crippen molar-refractivity contribution in [1.29, 1.82) is 0 Å². The maximum atomic E-state index is 10.8. The van der Waals surface area contributed by atoms with Crippen LogP contribution in [-0.2, 0) is 4.79 Å². The van der Waals surface area contributed by atoms with Crippen molar-refractivity contribution in [3.8, 4) is 0 Å². The van der Waals surface area contributed by atoms with Crippen LogP contribution in [0, 0.1) is 0 Å². The third-order valence-corrected chi connectivity index (χ3v) is 5.33. The summed E-state index contributed by atoms with van der Waals surface area (Å²) >= 11 is 3.27. The van der Waals surface area contributed by atoms with Crippen LogP contribution in [0.3, 0.4) is 0 Å². The Kier molecular flexibility index (Phi) is 4.16. The molecule has 0 radical (unpaired) electrons. The first-order valence-electron chi connectivity index (χ1n) is 6.50. The number of carboxylic acids is 1. The number of aromatic nitrogens is 3. The van der Waals surface area contributed by atoms with E-state index in [0.717, 1.165) is 40.5 Å². The second-order valence-electron chi connectivity index (χ2n) is 4.65. The molecule has 0 bridgehead atoms. The van der Waals surface area contributed by atoms with Crippen LogP contribution in [-0.4, -0.2) is 42.9 Å². The van der Waals surface area contributed by atoms with Gasteiger partial charge in [0.25, 0.3) is 0 Å². The molecule has 7 heteroatoms. The fraction of sp³-hybridized carbons (Fsp3) is 0.462. The van der Waals surface area contributed by atoms with E-state index in [1.54, 1.807) is 12.4 Å². The molecule has 106 valence electrons. The first-order valence-corrected chi connectivity index (χ1v) is 8.64. The predicted octanol–water partition coefficient (Wildman–Crippen LogP) is 2.68. The van der Waals surface area contributed by atoms with Gasteiger partial charge in [-0.2, -0.15) is 11.8 Å². The number of aliphatic carboxylic acids is 1. The number of hydrogen-bond acceptors (Lipinski definition) is 5. The molecular formula is C13H15N3O2S2. The summed E-state index contributed by atoms with van der Waals surface area (Å²) in [5.41, 5.74) is 1.91. The molecule has 20 heavy (non-hydrogen) atoms. The van der Waals surface area contributed by atoms with Crippen LogP contribution in [0.2, 0.25) is 0 Å². The van der Waals surface area contributed by atoms with Gasteiger partial charge in [0.2, 0.25) is 0 Å². The Morgan fingerprint density at radius 3 is 3.05 bits per heavy atom. The van der Waals surface area contributed by atoms with E-state index in [-0.39, 0.29) is 5.75 Å². The van der Waals surface area contributed by atoms with Crippen LogP contribution in [0.5, 0.6) is 0 Å². The van der Waals surface area contributed by atoms with Crippen molar-refractivity contribution >= 4 is 40.5 Å². The lowest BCUT2D eigenvalue weighted by Crippen LogP contribution is -2.16. The molecule has 0 saturated carbocycles. The number of carboxylic acid groups (broad SMARTS) is 1. The highest BCUT2D eigenvalue weighted by Gasteiger charge is 2.22. The van der Waals surface area contributed by atoms with Gasteiger partial charge >= 0.3 is 5.97 Å². The minimum atomic E-state index is -0.814. The van der Waals surface area contributed by atoms with E-state index in [1.807, 2.05) is 17.8 Å². The summed E-state index contributed by atoms with van der Waals surface area (Å²) in [6.45, 7) is 0. The lowest BCUT2D eigenvalue weighted by atomic mass is 10.1. The first-order chi connectivity index (χ1) is 9.75. The van der Waals surface area contributed by atoms with Gasteiger partial charge in [0.1, 0.15) is 5.52 Å². The number of hydrogen-bond donors (Lipinski definition) is 1. The second kappa shape index (κ2) is 6.05. The molecule has 1 N–H and O–H groups in total. The van der Waals surface area contributed by atoms with Crippen molar-refractivity contribution < 1.29 is 9.90 Å². The highest BCUT2D eigenvalue weighted by molar-refractivity contribution is 7.99. The van der Waals surface area contributed by atoms with E-state index in [9.17, 15) is 4.79 Å². The maximum Gasteiger partial charge on any atom is 0.313 e. The van der Waals surface area contributed by atoms with Gasteiger partial charge in [0.05, 0.1) is 17.5 Å². The number of nitrogens with zero attached hydrogens (tertiary/aromatic N) is 3. The Balaban J connectivity index is 2.00. The lowest BCUT2D eigenvalue weighted by Gasteiger charge is -2.25.